The summed E-state index contributed by atoms with van der Waals surface area (Å²) >= 11 is 11.9. The lowest BCUT2D eigenvalue weighted by molar-refractivity contribution is 0.101. The number of ketones is 1. The third kappa shape index (κ3) is 1.79. The Balaban J connectivity index is 2.20. The molecule has 0 spiro atoms. The molecule has 0 N–H and O–H groups in total. The standard InChI is InChI=1S/C11H10Cl2O/c1-7(14)8-2-4-9(5-3-8)10-6-11(10,12)13/h2-5,10H,6H2,1H3/t10-/m0/s1. The molecule has 1 aromatic carbocycles. The molecule has 0 radical (unpaired) electrons. The Bertz CT molecular complexity index is 367. The maximum absolute atomic E-state index is 11.0. The first kappa shape index (κ1) is 10.0. The van der Waals surface area contributed by atoms with Crippen LogP contribution in [0.2, 0.25) is 0 Å². The van der Waals surface area contributed by atoms with Crippen LogP contribution in [0.1, 0.15) is 35.2 Å². The van der Waals surface area contributed by atoms with E-state index in [0.717, 1.165) is 17.5 Å². The van der Waals surface area contributed by atoms with Crippen molar-refractivity contribution < 1.29 is 4.79 Å². The van der Waals surface area contributed by atoms with Crippen molar-refractivity contribution >= 4 is 29.0 Å². The first-order valence-corrected chi connectivity index (χ1v) is 5.25. The second-order valence-corrected chi connectivity index (χ2v) is 5.24. The highest BCUT2D eigenvalue weighted by Gasteiger charge is 2.52. The van der Waals surface area contributed by atoms with Gasteiger partial charge in [-0.15, -0.1) is 23.2 Å². The summed E-state index contributed by atoms with van der Waals surface area (Å²) in [6.07, 6.45) is 0.801. The van der Waals surface area contributed by atoms with Gasteiger partial charge in [0.2, 0.25) is 0 Å². The van der Waals surface area contributed by atoms with E-state index >= 15 is 0 Å². The quantitative estimate of drug-likeness (QED) is 0.559. The van der Waals surface area contributed by atoms with Crippen LogP contribution < -0.4 is 0 Å². The SMILES string of the molecule is CC(=O)c1ccc([C@@H]2CC2(Cl)Cl)cc1. The minimum atomic E-state index is -0.586. The molecule has 1 nitrogen and oxygen atoms in total. The summed E-state index contributed by atoms with van der Waals surface area (Å²) in [6.45, 7) is 1.56. The van der Waals surface area contributed by atoms with E-state index in [2.05, 4.69) is 0 Å². The molecule has 1 saturated carbocycles. The van der Waals surface area contributed by atoms with Gasteiger partial charge in [-0.2, -0.15) is 0 Å². The summed E-state index contributed by atoms with van der Waals surface area (Å²) < 4.78 is -0.586. The van der Waals surface area contributed by atoms with Crippen LogP contribution in [-0.4, -0.2) is 10.1 Å². The first-order valence-electron chi connectivity index (χ1n) is 4.49. The molecule has 1 aliphatic rings. The van der Waals surface area contributed by atoms with Crippen molar-refractivity contribution in [3.8, 4) is 0 Å². The summed E-state index contributed by atoms with van der Waals surface area (Å²) in [7, 11) is 0. The fourth-order valence-corrected chi connectivity index (χ4v) is 2.09. The van der Waals surface area contributed by atoms with E-state index in [-0.39, 0.29) is 11.7 Å². The van der Waals surface area contributed by atoms with Crippen molar-refractivity contribution in [2.45, 2.75) is 23.6 Å². The molecule has 14 heavy (non-hydrogen) atoms. The monoisotopic (exact) mass is 228 g/mol. The molecule has 0 bridgehead atoms. The van der Waals surface area contributed by atoms with Gasteiger partial charge in [-0.3, -0.25) is 4.79 Å². The lowest BCUT2D eigenvalue weighted by Crippen LogP contribution is -1.93. The van der Waals surface area contributed by atoms with E-state index in [0.29, 0.717) is 0 Å². The fraction of sp³-hybridized carbons (Fsp3) is 0.364. The van der Waals surface area contributed by atoms with Crippen LogP contribution in [-0.2, 0) is 0 Å². The molecule has 0 aromatic heterocycles. The predicted octanol–water partition coefficient (Wildman–Crippen LogP) is 3.55. The number of rotatable bonds is 2. The van der Waals surface area contributed by atoms with Gasteiger partial charge >= 0.3 is 0 Å². The largest absolute Gasteiger partial charge is 0.295 e. The van der Waals surface area contributed by atoms with E-state index in [1.807, 2.05) is 24.3 Å². The molecule has 0 aliphatic heterocycles. The Morgan fingerprint density at radius 1 is 1.36 bits per heavy atom. The number of carbonyl (C=O) groups excluding carboxylic acids is 1. The Hall–Kier alpha value is -0.530. The predicted molar refractivity (Wildman–Crippen MR) is 58.2 cm³/mol. The second-order valence-electron chi connectivity index (χ2n) is 3.70. The van der Waals surface area contributed by atoms with Gasteiger partial charge in [-0.25, -0.2) is 0 Å². The molecule has 0 heterocycles. The highest BCUT2D eigenvalue weighted by molar-refractivity contribution is 6.51. The summed E-state index contributed by atoms with van der Waals surface area (Å²) in [5.74, 6) is 0.308. The fourth-order valence-electron chi connectivity index (χ4n) is 1.53. The Kier molecular flexibility index (Phi) is 2.32. The minimum Gasteiger partial charge on any atom is -0.295 e. The number of hydrogen-bond donors (Lipinski definition) is 0. The molecule has 2 rings (SSSR count). The van der Waals surface area contributed by atoms with Gasteiger partial charge in [-0.05, 0) is 18.9 Å². The summed E-state index contributed by atoms with van der Waals surface area (Å²) in [5, 5.41) is 0. The molecule has 1 aliphatic carbocycles. The molecular formula is C11H10Cl2O. The number of benzene rings is 1. The highest BCUT2D eigenvalue weighted by Crippen LogP contribution is 2.59. The van der Waals surface area contributed by atoms with Crippen molar-refractivity contribution in [2.24, 2.45) is 0 Å². The molecule has 0 saturated heterocycles. The van der Waals surface area contributed by atoms with E-state index < -0.39 is 4.33 Å². The van der Waals surface area contributed by atoms with Crippen LogP contribution in [0.25, 0.3) is 0 Å². The number of halogens is 2. The normalized spacial score (nSPS) is 23.2. The van der Waals surface area contributed by atoms with Gasteiger partial charge in [0.25, 0.3) is 0 Å². The third-order valence-electron chi connectivity index (χ3n) is 2.55. The molecule has 1 fully saturated rings. The van der Waals surface area contributed by atoms with Crippen LogP contribution in [0, 0.1) is 0 Å². The lowest BCUT2D eigenvalue weighted by Gasteiger charge is -2.01. The van der Waals surface area contributed by atoms with Crippen molar-refractivity contribution in [2.75, 3.05) is 0 Å². The molecule has 1 atom stereocenters. The topological polar surface area (TPSA) is 17.1 Å². The Morgan fingerprint density at radius 2 is 1.86 bits per heavy atom. The van der Waals surface area contributed by atoms with Crippen LogP contribution in [0.3, 0.4) is 0 Å². The molecule has 3 heteroatoms. The van der Waals surface area contributed by atoms with Crippen molar-refractivity contribution in [3.63, 3.8) is 0 Å². The van der Waals surface area contributed by atoms with Crippen molar-refractivity contribution in [3.05, 3.63) is 35.4 Å². The van der Waals surface area contributed by atoms with Crippen molar-refractivity contribution in [1.29, 1.82) is 0 Å². The summed E-state index contributed by atoms with van der Waals surface area (Å²) in [6, 6.07) is 7.49. The maximum Gasteiger partial charge on any atom is 0.159 e. The zero-order valence-corrected chi connectivity index (χ0v) is 9.27. The van der Waals surface area contributed by atoms with Gasteiger partial charge in [0, 0.05) is 11.5 Å². The number of carbonyl (C=O) groups is 1. The first-order chi connectivity index (χ1) is 6.50. The highest BCUT2D eigenvalue weighted by atomic mass is 35.5. The minimum absolute atomic E-state index is 0.0790. The average Bonchev–Trinajstić information content (AvgIpc) is 2.75. The number of alkyl halides is 2. The van der Waals surface area contributed by atoms with Gasteiger partial charge in [0.15, 0.2) is 5.78 Å². The van der Waals surface area contributed by atoms with Gasteiger partial charge in [0.05, 0.1) is 0 Å². The maximum atomic E-state index is 11.0. The zero-order valence-electron chi connectivity index (χ0n) is 7.76. The van der Waals surface area contributed by atoms with E-state index in [4.69, 9.17) is 23.2 Å². The Morgan fingerprint density at radius 3 is 2.21 bits per heavy atom. The van der Waals surface area contributed by atoms with E-state index in [1.165, 1.54) is 0 Å². The number of hydrogen-bond acceptors (Lipinski definition) is 1. The smallest absolute Gasteiger partial charge is 0.159 e. The molecule has 0 amide bonds. The van der Waals surface area contributed by atoms with E-state index in [1.54, 1.807) is 6.92 Å². The van der Waals surface area contributed by atoms with Crippen LogP contribution in [0.15, 0.2) is 24.3 Å². The third-order valence-corrected chi connectivity index (χ3v) is 3.38. The van der Waals surface area contributed by atoms with Crippen molar-refractivity contribution in [1.82, 2.24) is 0 Å². The lowest BCUT2D eigenvalue weighted by atomic mass is 10.1. The van der Waals surface area contributed by atoms with E-state index in [9.17, 15) is 4.79 Å². The zero-order chi connectivity index (χ0) is 10.3. The summed E-state index contributed by atoms with van der Waals surface area (Å²) in [4.78, 5) is 11.0. The molecule has 74 valence electrons. The van der Waals surface area contributed by atoms with Crippen LogP contribution in [0.4, 0.5) is 0 Å². The van der Waals surface area contributed by atoms with Crippen LogP contribution >= 0.6 is 23.2 Å². The van der Waals surface area contributed by atoms with Gasteiger partial charge in [0.1, 0.15) is 4.33 Å². The Labute approximate surface area is 93.0 Å². The average molecular weight is 229 g/mol. The second kappa shape index (κ2) is 3.25. The van der Waals surface area contributed by atoms with Gasteiger partial charge < -0.3 is 0 Å². The number of Topliss-reactive ketones (excluding diaryl/α,β-unsaturated/α-hetero) is 1. The van der Waals surface area contributed by atoms with Gasteiger partial charge in [-0.1, -0.05) is 24.3 Å². The molecular weight excluding hydrogens is 219 g/mol. The summed E-state index contributed by atoms with van der Waals surface area (Å²) in [5.41, 5.74) is 1.84. The molecule has 1 aromatic rings. The molecule has 0 unspecified atom stereocenters. The van der Waals surface area contributed by atoms with Crippen LogP contribution in [0.5, 0.6) is 0 Å².